The van der Waals surface area contributed by atoms with E-state index >= 15 is 0 Å². The van der Waals surface area contributed by atoms with Gasteiger partial charge in [0.05, 0.1) is 0 Å². The molecule has 1 heteroatoms. The summed E-state index contributed by atoms with van der Waals surface area (Å²) in [5, 5.41) is 0. The molecule has 0 amide bonds. The van der Waals surface area contributed by atoms with E-state index in [1.165, 1.54) is 66.8 Å². The van der Waals surface area contributed by atoms with Gasteiger partial charge in [0.15, 0.2) is 0 Å². The van der Waals surface area contributed by atoms with Crippen LogP contribution < -0.4 is 4.90 Å². The van der Waals surface area contributed by atoms with Crippen LogP contribution in [0.1, 0.15) is 49.9 Å². The van der Waals surface area contributed by atoms with E-state index in [1.807, 2.05) is 0 Å². The summed E-state index contributed by atoms with van der Waals surface area (Å²) < 4.78 is 0. The van der Waals surface area contributed by atoms with Gasteiger partial charge in [-0.25, -0.2) is 0 Å². The zero-order valence-corrected chi connectivity index (χ0v) is 28.5. The molecule has 0 N–H and O–H groups in total. The van der Waals surface area contributed by atoms with Crippen LogP contribution in [0.15, 0.2) is 164 Å². The van der Waals surface area contributed by atoms with E-state index in [1.54, 1.807) is 0 Å². The van der Waals surface area contributed by atoms with Crippen molar-refractivity contribution in [1.29, 1.82) is 0 Å². The first kappa shape index (κ1) is 29.5. The lowest BCUT2D eigenvalue weighted by Crippen LogP contribution is -2.14. The van der Waals surface area contributed by atoms with Gasteiger partial charge >= 0.3 is 0 Å². The Kier molecular flexibility index (Phi) is 6.58. The van der Waals surface area contributed by atoms with Crippen LogP contribution in [-0.2, 0) is 10.8 Å². The van der Waals surface area contributed by atoms with Crippen molar-refractivity contribution in [3.8, 4) is 44.5 Å². The summed E-state index contributed by atoms with van der Waals surface area (Å²) in [5.41, 5.74) is 19.4. The van der Waals surface area contributed by atoms with Crippen molar-refractivity contribution in [3.63, 3.8) is 0 Å². The van der Waals surface area contributed by atoms with Crippen molar-refractivity contribution < 1.29 is 0 Å². The predicted octanol–water partition coefficient (Wildman–Crippen LogP) is 13.1. The average Bonchev–Trinajstić information content (AvgIpc) is 3.52. The molecule has 0 spiro atoms. The minimum Gasteiger partial charge on any atom is -0.311 e. The highest BCUT2D eigenvalue weighted by Gasteiger charge is 2.36. The Hall–Kier alpha value is -5.66. The molecule has 2 aliphatic carbocycles. The third-order valence-electron chi connectivity index (χ3n) is 11.1. The van der Waals surface area contributed by atoms with Crippen LogP contribution in [0.4, 0.5) is 17.1 Å². The second-order valence-corrected chi connectivity index (χ2v) is 14.6. The van der Waals surface area contributed by atoms with E-state index in [0.717, 1.165) is 17.1 Å². The van der Waals surface area contributed by atoms with Gasteiger partial charge < -0.3 is 4.90 Å². The molecule has 0 saturated heterocycles. The third-order valence-corrected chi connectivity index (χ3v) is 11.1. The smallest absolute Gasteiger partial charge is 0.0462 e. The highest BCUT2D eigenvalue weighted by Crippen LogP contribution is 2.51. The molecule has 0 radical (unpaired) electrons. The summed E-state index contributed by atoms with van der Waals surface area (Å²) in [5.74, 6) is 0. The number of benzene rings is 7. The zero-order valence-electron chi connectivity index (χ0n) is 28.5. The summed E-state index contributed by atoms with van der Waals surface area (Å²) in [4.78, 5) is 2.34. The van der Waals surface area contributed by atoms with E-state index in [-0.39, 0.29) is 10.8 Å². The molecule has 0 heterocycles. The predicted molar refractivity (Wildman–Crippen MR) is 207 cm³/mol. The van der Waals surface area contributed by atoms with Crippen LogP contribution in [0.5, 0.6) is 0 Å². The first-order chi connectivity index (χ1) is 23.8. The fourth-order valence-electron chi connectivity index (χ4n) is 8.43. The Bertz CT molecular complexity index is 2210. The Morgan fingerprint density at radius 1 is 0.306 bits per heavy atom. The van der Waals surface area contributed by atoms with Crippen LogP contribution in [0.2, 0.25) is 0 Å². The van der Waals surface area contributed by atoms with Gasteiger partial charge in [0.25, 0.3) is 0 Å². The summed E-state index contributed by atoms with van der Waals surface area (Å²) in [6.07, 6.45) is 0. The maximum atomic E-state index is 2.38. The lowest BCUT2D eigenvalue weighted by Gasteiger charge is -2.26. The molecule has 2 aliphatic rings. The van der Waals surface area contributed by atoms with Crippen molar-refractivity contribution in [1.82, 2.24) is 0 Å². The molecule has 49 heavy (non-hydrogen) atoms. The maximum absolute atomic E-state index is 2.38. The first-order valence-electron chi connectivity index (χ1n) is 17.4. The quantitative estimate of drug-likeness (QED) is 0.183. The van der Waals surface area contributed by atoms with Gasteiger partial charge in [-0.2, -0.15) is 0 Å². The van der Waals surface area contributed by atoms with E-state index in [2.05, 4.69) is 196 Å². The van der Waals surface area contributed by atoms with Gasteiger partial charge in [0.1, 0.15) is 0 Å². The van der Waals surface area contributed by atoms with Gasteiger partial charge in [0.2, 0.25) is 0 Å². The minimum absolute atomic E-state index is 0.0168. The SMILES string of the molecule is CC1(C)c2ccccc2-c2cc(-c3ccc(N(c4ccccc4)c4ccc(-c5ccc6c(c5)-c5ccccc5C6(C)C)cc4)cc3)ccc21. The molecule has 0 fully saturated rings. The fourth-order valence-corrected chi connectivity index (χ4v) is 8.43. The van der Waals surface area contributed by atoms with Crippen molar-refractivity contribution in [2.45, 2.75) is 38.5 Å². The molecular weight excluding hydrogens is 591 g/mol. The molecule has 0 aromatic heterocycles. The molecule has 7 aromatic rings. The maximum Gasteiger partial charge on any atom is 0.0462 e. The monoisotopic (exact) mass is 629 g/mol. The molecule has 0 saturated carbocycles. The molecule has 0 aliphatic heterocycles. The zero-order chi connectivity index (χ0) is 33.3. The molecule has 0 atom stereocenters. The highest BCUT2D eigenvalue weighted by molar-refractivity contribution is 5.87. The van der Waals surface area contributed by atoms with Crippen LogP contribution in [0, 0.1) is 0 Å². The molecule has 1 nitrogen and oxygen atoms in total. The third kappa shape index (κ3) is 4.60. The largest absolute Gasteiger partial charge is 0.311 e. The molecule has 9 rings (SSSR count). The second-order valence-electron chi connectivity index (χ2n) is 14.6. The number of hydrogen-bond acceptors (Lipinski definition) is 1. The normalized spacial score (nSPS) is 14.4. The lowest BCUT2D eigenvalue weighted by atomic mass is 9.82. The lowest BCUT2D eigenvalue weighted by molar-refractivity contribution is 0.660. The van der Waals surface area contributed by atoms with Crippen LogP contribution in [0.25, 0.3) is 44.5 Å². The molecular formula is C48H39N. The molecule has 0 bridgehead atoms. The summed E-state index contributed by atoms with van der Waals surface area (Å²) in [6.45, 7) is 9.34. The second kappa shape index (κ2) is 10.9. The van der Waals surface area contributed by atoms with E-state index in [4.69, 9.17) is 0 Å². The standard InChI is InChI=1S/C48H39N/c1-47(2)43-16-10-8-14-39(43)41-30-34(22-28-45(41)47)32-18-24-37(25-19-32)49(36-12-6-5-7-13-36)38-26-20-33(21-27-38)35-23-29-46-42(31-35)40-15-9-11-17-44(40)48(46,3)4/h5-31H,1-4H3. The summed E-state index contributed by atoms with van der Waals surface area (Å²) in [7, 11) is 0. The van der Waals surface area contributed by atoms with E-state index in [9.17, 15) is 0 Å². The first-order valence-corrected chi connectivity index (χ1v) is 17.4. The topological polar surface area (TPSA) is 3.24 Å². The number of anilines is 3. The van der Waals surface area contributed by atoms with Gasteiger partial charge in [-0.3, -0.25) is 0 Å². The Labute approximate surface area is 290 Å². The van der Waals surface area contributed by atoms with Gasteiger partial charge in [0, 0.05) is 27.9 Å². The number of nitrogens with zero attached hydrogens (tertiary/aromatic N) is 1. The summed E-state index contributed by atoms with van der Waals surface area (Å²) in [6, 6.07) is 60.4. The van der Waals surface area contributed by atoms with E-state index < -0.39 is 0 Å². The number of rotatable bonds is 5. The Balaban J connectivity index is 1.05. The van der Waals surface area contributed by atoms with Crippen LogP contribution >= 0.6 is 0 Å². The minimum atomic E-state index is 0.0168. The number of para-hydroxylation sites is 1. The molecule has 236 valence electrons. The van der Waals surface area contributed by atoms with Crippen LogP contribution in [0.3, 0.4) is 0 Å². The fraction of sp³-hybridized carbons (Fsp3) is 0.125. The van der Waals surface area contributed by atoms with Gasteiger partial charge in [-0.05, 0) is 115 Å². The number of fused-ring (bicyclic) bond motifs is 6. The molecule has 7 aromatic carbocycles. The van der Waals surface area contributed by atoms with Gasteiger partial charge in [-0.15, -0.1) is 0 Å². The summed E-state index contributed by atoms with van der Waals surface area (Å²) >= 11 is 0. The van der Waals surface area contributed by atoms with Gasteiger partial charge in [-0.1, -0.05) is 143 Å². The Morgan fingerprint density at radius 2 is 0.653 bits per heavy atom. The van der Waals surface area contributed by atoms with Crippen LogP contribution in [-0.4, -0.2) is 0 Å². The Morgan fingerprint density at radius 3 is 1.10 bits per heavy atom. The molecule has 0 unspecified atom stereocenters. The van der Waals surface area contributed by atoms with Crippen molar-refractivity contribution in [3.05, 3.63) is 186 Å². The number of hydrogen-bond donors (Lipinski definition) is 0. The highest BCUT2D eigenvalue weighted by atomic mass is 15.1. The average molecular weight is 630 g/mol. The van der Waals surface area contributed by atoms with E-state index in [0.29, 0.717) is 0 Å². The van der Waals surface area contributed by atoms with Crippen molar-refractivity contribution in [2.75, 3.05) is 4.90 Å². The van der Waals surface area contributed by atoms with Crippen molar-refractivity contribution >= 4 is 17.1 Å². The van der Waals surface area contributed by atoms with Crippen molar-refractivity contribution in [2.24, 2.45) is 0 Å².